The molecule has 0 spiro atoms. The quantitative estimate of drug-likeness (QED) is 0.773. The Morgan fingerprint density at radius 2 is 1.80 bits per heavy atom. The van der Waals surface area contributed by atoms with Gasteiger partial charge in [0.25, 0.3) is 0 Å². The van der Waals surface area contributed by atoms with Crippen LogP contribution < -0.4 is 5.32 Å². The highest BCUT2D eigenvalue weighted by Gasteiger charge is 2.36. The van der Waals surface area contributed by atoms with Crippen molar-refractivity contribution >= 4 is 0 Å². The molecule has 1 N–H and O–H groups in total. The topological polar surface area (TPSA) is 15.3 Å². The summed E-state index contributed by atoms with van der Waals surface area (Å²) in [5, 5.41) is 3.62. The van der Waals surface area contributed by atoms with Crippen molar-refractivity contribution in [3.05, 3.63) is 0 Å². The summed E-state index contributed by atoms with van der Waals surface area (Å²) >= 11 is 0. The SMILES string of the molecule is CC(C)CCN1CC(C)(C)NCC1(C)C. The first kappa shape index (κ1) is 13.0. The third kappa shape index (κ3) is 3.76. The summed E-state index contributed by atoms with van der Waals surface area (Å²) in [6, 6.07) is 0. The molecule has 0 amide bonds. The molecule has 1 saturated heterocycles. The number of piperazine rings is 1. The second-order valence-electron chi connectivity index (χ2n) is 6.65. The minimum atomic E-state index is 0.270. The van der Waals surface area contributed by atoms with E-state index in [1.807, 2.05) is 0 Å². The Balaban J connectivity index is 2.57. The fraction of sp³-hybridized carbons (Fsp3) is 1.00. The van der Waals surface area contributed by atoms with Crippen LogP contribution in [0.2, 0.25) is 0 Å². The zero-order chi connectivity index (χ0) is 11.7. The third-order valence-electron chi connectivity index (χ3n) is 3.42. The maximum Gasteiger partial charge on any atom is 0.0278 e. The van der Waals surface area contributed by atoms with Crippen molar-refractivity contribution in [1.82, 2.24) is 10.2 Å². The summed E-state index contributed by atoms with van der Waals surface area (Å²) in [5.74, 6) is 0.804. The second kappa shape index (κ2) is 4.42. The van der Waals surface area contributed by atoms with Gasteiger partial charge in [0.2, 0.25) is 0 Å². The van der Waals surface area contributed by atoms with Crippen molar-refractivity contribution < 1.29 is 0 Å². The van der Waals surface area contributed by atoms with Gasteiger partial charge in [0.1, 0.15) is 0 Å². The lowest BCUT2D eigenvalue weighted by atomic mass is 9.91. The van der Waals surface area contributed by atoms with Crippen molar-refractivity contribution in [2.45, 2.75) is 59.0 Å². The average molecular weight is 212 g/mol. The van der Waals surface area contributed by atoms with Crippen LogP contribution in [0.25, 0.3) is 0 Å². The molecule has 0 atom stereocenters. The van der Waals surface area contributed by atoms with Crippen molar-refractivity contribution in [3.8, 4) is 0 Å². The van der Waals surface area contributed by atoms with Crippen LogP contribution in [-0.4, -0.2) is 35.6 Å². The van der Waals surface area contributed by atoms with E-state index in [9.17, 15) is 0 Å². The average Bonchev–Trinajstić information content (AvgIpc) is 2.07. The number of hydrogen-bond donors (Lipinski definition) is 1. The second-order valence-corrected chi connectivity index (χ2v) is 6.65. The molecule has 0 aliphatic carbocycles. The van der Waals surface area contributed by atoms with E-state index in [4.69, 9.17) is 0 Å². The van der Waals surface area contributed by atoms with Crippen LogP contribution in [0.5, 0.6) is 0 Å². The van der Waals surface area contributed by atoms with Crippen molar-refractivity contribution in [3.63, 3.8) is 0 Å². The molecule has 0 aromatic carbocycles. The van der Waals surface area contributed by atoms with E-state index >= 15 is 0 Å². The lowest BCUT2D eigenvalue weighted by molar-refractivity contribution is 0.0358. The molecule has 1 fully saturated rings. The van der Waals surface area contributed by atoms with Crippen LogP contribution >= 0.6 is 0 Å². The molecule has 0 bridgehead atoms. The van der Waals surface area contributed by atoms with Gasteiger partial charge in [-0.1, -0.05) is 13.8 Å². The molecule has 1 rings (SSSR count). The maximum atomic E-state index is 3.62. The minimum absolute atomic E-state index is 0.270. The van der Waals surface area contributed by atoms with E-state index in [-0.39, 0.29) is 5.54 Å². The largest absolute Gasteiger partial charge is 0.309 e. The summed E-state index contributed by atoms with van der Waals surface area (Å²) in [4.78, 5) is 2.64. The summed E-state index contributed by atoms with van der Waals surface area (Å²) in [7, 11) is 0. The highest BCUT2D eigenvalue weighted by Crippen LogP contribution is 2.24. The van der Waals surface area contributed by atoms with Crippen molar-refractivity contribution in [2.75, 3.05) is 19.6 Å². The Bertz CT molecular complexity index is 207. The van der Waals surface area contributed by atoms with E-state index in [0.29, 0.717) is 5.54 Å². The lowest BCUT2D eigenvalue weighted by Gasteiger charge is -2.50. The van der Waals surface area contributed by atoms with Gasteiger partial charge < -0.3 is 5.32 Å². The predicted molar refractivity (Wildman–Crippen MR) is 67.2 cm³/mol. The number of hydrogen-bond acceptors (Lipinski definition) is 2. The van der Waals surface area contributed by atoms with Gasteiger partial charge in [-0.15, -0.1) is 0 Å². The smallest absolute Gasteiger partial charge is 0.0278 e. The minimum Gasteiger partial charge on any atom is -0.309 e. The summed E-state index contributed by atoms with van der Waals surface area (Å²) in [5.41, 5.74) is 0.580. The van der Waals surface area contributed by atoms with Crippen LogP contribution in [0.15, 0.2) is 0 Å². The third-order valence-corrected chi connectivity index (χ3v) is 3.42. The maximum absolute atomic E-state index is 3.62. The van der Waals surface area contributed by atoms with E-state index in [1.165, 1.54) is 13.0 Å². The van der Waals surface area contributed by atoms with Gasteiger partial charge >= 0.3 is 0 Å². The Labute approximate surface area is 95.4 Å². The molecule has 2 heteroatoms. The van der Waals surface area contributed by atoms with Crippen LogP contribution in [-0.2, 0) is 0 Å². The van der Waals surface area contributed by atoms with Crippen LogP contribution in [0.4, 0.5) is 0 Å². The first-order valence-corrected chi connectivity index (χ1v) is 6.23. The fourth-order valence-electron chi connectivity index (χ4n) is 2.11. The highest BCUT2D eigenvalue weighted by molar-refractivity contribution is 4.97. The van der Waals surface area contributed by atoms with Gasteiger partial charge in [0.05, 0.1) is 0 Å². The zero-order valence-electron chi connectivity index (χ0n) is 11.4. The molecule has 1 heterocycles. The summed E-state index contributed by atoms with van der Waals surface area (Å²) in [6.07, 6.45) is 1.31. The predicted octanol–water partition coefficient (Wildman–Crippen LogP) is 2.49. The lowest BCUT2D eigenvalue weighted by Crippen LogP contribution is -2.66. The Kier molecular flexibility index (Phi) is 3.83. The van der Waals surface area contributed by atoms with Gasteiger partial charge in [-0.2, -0.15) is 0 Å². The first-order valence-electron chi connectivity index (χ1n) is 6.23. The fourth-order valence-corrected chi connectivity index (χ4v) is 2.11. The van der Waals surface area contributed by atoms with E-state index in [2.05, 4.69) is 51.8 Å². The Hall–Kier alpha value is -0.0800. The first-order chi connectivity index (χ1) is 6.73. The normalized spacial score (nSPS) is 25.8. The molecule has 15 heavy (non-hydrogen) atoms. The van der Waals surface area contributed by atoms with Gasteiger partial charge in [0, 0.05) is 24.2 Å². The molecule has 90 valence electrons. The van der Waals surface area contributed by atoms with Crippen molar-refractivity contribution in [1.29, 1.82) is 0 Å². The number of rotatable bonds is 3. The number of nitrogens with zero attached hydrogens (tertiary/aromatic N) is 1. The summed E-state index contributed by atoms with van der Waals surface area (Å²) < 4.78 is 0. The van der Waals surface area contributed by atoms with E-state index in [1.54, 1.807) is 0 Å². The van der Waals surface area contributed by atoms with Crippen molar-refractivity contribution in [2.24, 2.45) is 5.92 Å². The molecule has 0 unspecified atom stereocenters. The summed E-state index contributed by atoms with van der Waals surface area (Å²) in [6.45, 7) is 17.4. The Morgan fingerprint density at radius 3 is 2.33 bits per heavy atom. The molecule has 2 nitrogen and oxygen atoms in total. The highest BCUT2D eigenvalue weighted by atomic mass is 15.3. The molecule has 0 aromatic rings. The van der Waals surface area contributed by atoms with E-state index < -0.39 is 0 Å². The van der Waals surface area contributed by atoms with E-state index in [0.717, 1.165) is 19.0 Å². The van der Waals surface area contributed by atoms with Crippen LogP contribution in [0.3, 0.4) is 0 Å². The van der Waals surface area contributed by atoms with Gasteiger partial charge in [-0.05, 0) is 46.6 Å². The van der Waals surface area contributed by atoms with Crippen LogP contribution in [0, 0.1) is 5.92 Å². The Morgan fingerprint density at radius 1 is 1.20 bits per heavy atom. The molecule has 0 radical (unpaired) electrons. The molecular weight excluding hydrogens is 184 g/mol. The standard InChI is InChI=1S/C13H28N2/c1-11(2)7-8-15-10-12(3,4)14-9-13(15,5)6/h11,14H,7-10H2,1-6H3. The monoisotopic (exact) mass is 212 g/mol. The molecule has 0 saturated carbocycles. The van der Waals surface area contributed by atoms with Gasteiger partial charge in [-0.3, -0.25) is 4.90 Å². The zero-order valence-corrected chi connectivity index (χ0v) is 11.4. The number of nitrogens with one attached hydrogen (secondary N) is 1. The molecule has 1 aliphatic rings. The van der Waals surface area contributed by atoms with Gasteiger partial charge in [-0.25, -0.2) is 0 Å². The molecular formula is C13H28N2. The van der Waals surface area contributed by atoms with Crippen LogP contribution in [0.1, 0.15) is 48.0 Å². The molecule has 0 aromatic heterocycles. The molecule has 1 aliphatic heterocycles. The van der Waals surface area contributed by atoms with Gasteiger partial charge in [0.15, 0.2) is 0 Å².